The fraction of sp³-hybridized carbons (Fsp3) is 0.400. The van der Waals surface area contributed by atoms with Crippen molar-refractivity contribution < 1.29 is 0 Å². The zero-order valence-electron chi connectivity index (χ0n) is 11.6. The maximum Gasteiger partial charge on any atom is 0.151 e. The van der Waals surface area contributed by atoms with Crippen molar-refractivity contribution in [3.8, 4) is 0 Å². The first-order chi connectivity index (χ1) is 9.65. The molecule has 0 radical (unpaired) electrons. The molecule has 1 aromatic heterocycles. The van der Waals surface area contributed by atoms with E-state index in [4.69, 9.17) is 16.1 Å². The Bertz CT molecular complexity index is 648. The SMILES string of the molecule is Cc1nc2ccccc2nc1N(CCC(=N)N)C1CC1. The van der Waals surface area contributed by atoms with E-state index in [2.05, 4.69) is 9.88 Å². The van der Waals surface area contributed by atoms with Gasteiger partial charge in [-0.3, -0.25) is 5.41 Å². The maximum absolute atomic E-state index is 7.41. The van der Waals surface area contributed by atoms with E-state index in [-0.39, 0.29) is 5.84 Å². The topological polar surface area (TPSA) is 78.9 Å². The Balaban J connectivity index is 1.97. The van der Waals surface area contributed by atoms with Crippen LogP contribution >= 0.6 is 0 Å². The molecule has 3 N–H and O–H groups in total. The van der Waals surface area contributed by atoms with Crippen LogP contribution in [0.4, 0.5) is 5.82 Å². The van der Waals surface area contributed by atoms with E-state index >= 15 is 0 Å². The van der Waals surface area contributed by atoms with E-state index in [9.17, 15) is 0 Å². The summed E-state index contributed by atoms with van der Waals surface area (Å²) in [7, 11) is 0. The second-order valence-corrected chi connectivity index (χ2v) is 5.32. The van der Waals surface area contributed by atoms with Gasteiger partial charge in [0, 0.05) is 19.0 Å². The van der Waals surface area contributed by atoms with Crippen molar-refractivity contribution in [2.75, 3.05) is 11.4 Å². The lowest BCUT2D eigenvalue weighted by Gasteiger charge is -2.24. The molecule has 1 fully saturated rings. The van der Waals surface area contributed by atoms with Crippen LogP contribution in [0.3, 0.4) is 0 Å². The Morgan fingerprint density at radius 3 is 2.55 bits per heavy atom. The fourth-order valence-corrected chi connectivity index (χ4v) is 2.44. The molecule has 1 saturated carbocycles. The predicted octanol–water partition coefficient (Wildman–Crippen LogP) is 2.23. The van der Waals surface area contributed by atoms with Crippen molar-refractivity contribution in [2.45, 2.75) is 32.2 Å². The summed E-state index contributed by atoms with van der Waals surface area (Å²) in [6.45, 7) is 2.74. The molecule has 0 aliphatic heterocycles. The molecule has 1 aliphatic rings. The first kappa shape index (κ1) is 12.8. The Morgan fingerprint density at radius 2 is 1.95 bits per heavy atom. The average molecular weight is 269 g/mol. The monoisotopic (exact) mass is 269 g/mol. The Morgan fingerprint density at radius 1 is 1.30 bits per heavy atom. The summed E-state index contributed by atoms with van der Waals surface area (Å²) in [5, 5.41) is 7.41. The van der Waals surface area contributed by atoms with Crippen LogP contribution in [-0.4, -0.2) is 28.4 Å². The molecule has 0 saturated heterocycles. The number of amidine groups is 1. The standard InChI is InChI=1S/C15H19N5/c1-10-15(19-13-5-3-2-4-12(13)18-10)20(11-6-7-11)9-8-14(16)17/h2-5,11H,6-9H2,1H3,(H3,16,17). The zero-order valence-corrected chi connectivity index (χ0v) is 11.6. The van der Waals surface area contributed by atoms with Crippen molar-refractivity contribution in [1.29, 1.82) is 5.41 Å². The third-order valence-electron chi connectivity index (χ3n) is 3.60. The number of anilines is 1. The van der Waals surface area contributed by atoms with Gasteiger partial charge >= 0.3 is 0 Å². The molecule has 0 unspecified atom stereocenters. The summed E-state index contributed by atoms with van der Waals surface area (Å²) >= 11 is 0. The third-order valence-corrected chi connectivity index (χ3v) is 3.60. The number of nitrogens with one attached hydrogen (secondary N) is 1. The highest BCUT2D eigenvalue weighted by Gasteiger charge is 2.31. The summed E-state index contributed by atoms with van der Waals surface area (Å²) in [6, 6.07) is 8.46. The Hall–Kier alpha value is -2.17. The summed E-state index contributed by atoms with van der Waals surface area (Å²) in [5.74, 6) is 1.16. The average Bonchev–Trinajstić information content (AvgIpc) is 3.23. The largest absolute Gasteiger partial charge is 0.388 e. The van der Waals surface area contributed by atoms with E-state index in [0.717, 1.165) is 29.1 Å². The summed E-state index contributed by atoms with van der Waals surface area (Å²) < 4.78 is 0. The van der Waals surface area contributed by atoms with Crippen LogP contribution < -0.4 is 10.6 Å². The van der Waals surface area contributed by atoms with Gasteiger partial charge in [0.25, 0.3) is 0 Å². The van der Waals surface area contributed by atoms with Crippen LogP contribution in [0, 0.1) is 12.3 Å². The van der Waals surface area contributed by atoms with E-state index < -0.39 is 0 Å². The molecule has 0 amide bonds. The number of para-hydroxylation sites is 2. The van der Waals surface area contributed by atoms with Gasteiger partial charge in [-0.1, -0.05) is 12.1 Å². The lowest BCUT2D eigenvalue weighted by Crippen LogP contribution is -2.31. The number of rotatable bonds is 5. The fourth-order valence-electron chi connectivity index (χ4n) is 2.44. The van der Waals surface area contributed by atoms with E-state index in [1.807, 2.05) is 31.2 Å². The summed E-state index contributed by atoms with van der Waals surface area (Å²) in [5.41, 5.74) is 8.28. The highest BCUT2D eigenvalue weighted by Crippen LogP contribution is 2.32. The van der Waals surface area contributed by atoms with Gasteiger partial charge < -0.3 is 10.6 Å². The van der Waals surface area contributed by atoms with Gasteiger partial charge in [-0.15, -0.1) is 0 Å². The molecule has 0 atom stereocenters. The van der Waals surface area contributed by atoms with Crippen LogP contribution in [0.1, 0.15) is 25.0 Å². The quantitative estimate of drug-likeness (QED) is 0.644. The number of hydrogen-bond donors (Lipinski definition) is 2. The van der Waals surface area contributed by atoms with Crippen molar-refractivity contribution in [3.63, 3.8) is 0 Å². The lowest BCUT2D eigenvalue weighted by molar-refractivity contribution is 0.776. The summed E-state index contributed by atoms with van der Waals surface area (Å²) in [6.07, 6.45) is 2.95. The van der Waals surface area contributed by atoms with Crippen molar-refractivity contribution in [3.05, 3.63) is 30.0 Å². The van der Waals surface area contributed by atoms with Crippen LogP contribution in [0.2, 0.25) is 0 Å². The van der Waals surface area contributed by atoms with Gasteiger partial charge in [-0.2, -0.15) is 0 Å². The highest BCUT2D eigenvalue weighted by molar-refractivity contribution is 5.78. The van der Waals surface area contributed by atoms with Gasteiger partial charge in [0.1, 0.15) is 0 Å². The van der Waals surface area contributed by atoms with Crippen LogP contribution in [0.25, 0.3) is 11.0 Å². The molecule has 1 aromatic carbocycles. The van der Waals surface area contributed by atoms with Crippen LogP contribution in [0.15, 0.2) is 24.3 Å². The molecular formula is C15H19N5. The molecule has 2 aromatic rings. The van der Waals surface area contributed by atoms with Gasteiger partial charge in [0.05, 0.1) is 22.6 Å². The number of fused-ring (bicyclic) bond motifs is 1. The Labute approximate surface area is 118 Å². The molecule has 0 bridgehead atoms. The van der Waals surface area contributed by atoms with Gasteiger partial charge in [-0.25, -0.2) is 9.97 Å². The zero-order chi connectivity index (χ0) is 14.1. The number of aryl methyl sites for hydroxylation is 1. The molecule has 20 heavy (non-hydrogen) atoms. The van der Waals surface area contributed by atoms with E-state index in [1.165, 1.54) is 12.8 Å². The molecule has 3 rings (SSSR count). The molecule has 0 spiro atoms. The second kappa shape index (κ2) is 5.07. The van der Waals surface area contributed by atoms with Crippen molar-refractivity contribution in [1.82, 2.24) is 9.97 Å². The molecule has 5 nitrogen and oxygen atoms in total. The number of aromatic nitrogens is 2. The van der Waals surface area contributed by atoms with E-state index in [1.54, 1.807) is 0 Å². The minimum absolute atomic E-state index is 0.224. The predicted molar refractivity (Wildman–Crippen MR) is 81.2 cm³/mol. The summed E-state index contributed by atoms with van der Waals surface area (Å²) in [4.78, 5) is 11.7. The third kappa shape index (κ3) is 2.57. The normalized spacial score (nSPS) is 14.4. The van der Waals surface area contributed by atoms with Gasteiger partial charge in [-0.05, 0) is 31.9 Å². The molecule has 1 aliphatic carbocycles. The number of hydrogen-bond acceptors (Lipinski definition) is 4. The molecule has 1 heterocycles. The van der Waals surface area contributed by atoms with Crippen LogP contribution in [-0.2, 0) is 0 Å². The first-order valence-corrected chi connectivity index (χ1v) is 6.98. The maximum atomic E-state index is 7.41. The van der Waals surface area contributed by atoms with Crippen LogP contribution in [0.5, 0.6) is 0 Å². The number of benzene rings is 1. The van der Waals surface area contributed by atoms with Gasteiger partial charge in [0.2, 0.25) is 0 Å². The second-order valence-electron chi connectivity index (χ2n) is 5.32. The highest BCUT2D eigenvalue weighted by atomic mass is 15.2. The first-order valence-electron chi connectivity index (χ1n) is 6.98. The molecular weight excluding hydrogens is 250 g/mol. The molecule has 104 valence electrons. The minimum Gasteiger partial charge on any atom is -0.388 e. The minimum atomic E-state index is 0.224. The molecule has 5 heteroatoms. The smallest absolute Gasteiger partial charge is 0.151 e. The lowest BCUT2D eigenvalue weighted by atomic mass is 10.2. The van der Waals surface area contributed by atoms with Crippen molar-refractivity contribution >= 4 is 22.7 Å². The van der Waals surface area contributed by atoms with E-state index in [0.29, 0.717) is 12.5 Å². The Kier molecular flexibility index (Phi) is 3.26. The van der Waals surface area contributed by atoms with Gasteiger partial charge in [0.15, 0.2) is 5.82 Å². The van der Waals surface area contributed by atoms with Crippen molar-refractivity contribution in [2.24, 2.45) is 5.73 Å². The number of nitrogens with zero attached hydrogens (tertiary/aromatic N) is 3. The number of nitrogens with two attached hydrogens (primary N) is 1.